The number of halogens is 1. The van der Waals surface area contributed by atoms with Crippen molar-refractivity contribution < 1.29 is 14.3 Å². The average molecular weight is 382 g/mol. The van der Waals surface area contributed by atoms with Crippen LogP contribution in [-0.4, -0.2) is 55.7 Å². The molecule has 1 saturated heterocycles. The van der Waals surface area contributed by atoms with Gasteiger partial charge in [-0.1, -0.05) is 23.7 Å². The molecule has 0 atom stereocenters. The Bertz CT molecular complexity index is 572. The van der Waals surface area contributed by atoms with Crippen LogP contribution in [0.5, 0.6) is 0 Å². The van der Waals surface area contributed by atoms with Crippen molar-refractivity contribution >= 4 is 23.6 Å². The second kappa shape index (κ2) is 11.0. The number of carbonyl (C=O) groups is 2. The monoisotopic (exact) mass is 381 g/mol. The van der Waals surface area contributed by atoms with Crippen molar-refractivity contribution in [3.8, 4) is 0 Å². The summed E-state index contributed by atoms with van der Waals surface area (Å²) in [5, 5.41) is 7.06. The Kier molecular flexibility index (Phi) is 8.71. The van der Waals surface area contributed by atoms with Gasteiger partial charge in [0.2, 0.25) is 5.91 Å². The quantitative estimate of drug-likeness (QED) is 0.726. The summed E-state index contributed by atoms with van der Waals surface area (Å²) < 4.78 is 5.01. The number of rotatable bonds is 8. The Morgan fingerprint density at radius 3 is 2.54 bits per heavy atom. The molecule has 2 amide bonds. The largest absolute Gasteiger partial charge is 0.450 e. The van der Waals surface area contributed by atoms with Crippen molar-refractivity contribution in [1.82, 2.24) is 15.5 Å². The maximum absolute atomic E-state index is 11.9. The first kappa shape index (κ1) is 20.5. The highest BCUT2D eigenvalue weighted by molar-refractivity contribution is 6.30. The number of piperidine rings is 1. The van der Waals surface area contributed by atoms with E-state index in [4.69, 9.17) is 16.3 Å². The van der Waals surface area contributed by atoms with Gasteiger partial charge in [-0.2, -0.15) is 0 Å². The Hall–Kier alpha value is -1.79. The predicted octanol–water partition coefficient (Wildman–Crippen LogP) is 2.60. The minimum atomic E-state index is -0.231. The minimum absolute atomic E-state index is 0.0513. The maximum Gasteiger partial charge on any atom is 0.409 e. The van der Waals surface area contributed by atoms with E-state index in [9.17, 15) is 9.59 Å². The zero-order valence-electron chi connectivity index (χ0n) is 15.3. The van der Waals surface area contributed by atoms with Gasteiger partial charge in [-0.05, 0) is 43.9 Å². The first-order valence-electron chi connectivity index (χ1n) is 9.24. The second-order valence-electron chi connectivity index (χ2n) is 6.39. The van der Waals surface area contributed by atoms with Crippen LogP contribution in [0.2, 0.25) is 5.02 Å². The van der Waals surface area contributed by atoms with Gasteiger partial charge in [-0.15, -0.1) is 0 Å². The molecule has 2 N–H and O–H groups in total. The van der Waals surface area contributed by atoms with E-state index < -0.39 is 0 Å². The molecular weight excluding hydrogens is 354 g/mol. The molecule has 0 radical (unpaired) electrons. The lowest BCUT2D eigenvalue weighted by molar-refractivity contribution is -0.121. The summed E-state index contributed by atoms with van der Waals surface area (Å²) in [4.78, 5) is 25.3. The van der Waals surface area contributed by atoms with Crippen molar-refractivity contribution in [3.05, 3.63) is 34.9 Å². The molecule has 0 aliphatic carbocycles. The van der Waals surface area contributed by atoms with Gasteiger partial charge in [-0.25, -0.2) is 4.79 Å². The fourth-order valence-electron chi connectivity index (χ4n) is 2.96. The molecular formula is C19H28ClN3O3. The molecule has 0 aromatic heterocycles. The van der Waals surface area contributed by atoms with Crippen molar-refractivity contribution in [2.75, 3.05) is 32.8 Å². The number of likely N-dealkylation sites (tertiary alicyclic amines) is 1. The SMILES string of the molecule is CCOC(=O)N1CCC(NCCC(=O)NCCc2ccc(Cl)cc2)CC1. The van der Waals surface area contributed by atoms with E-state index in [0.717, 1.165) is 29.8 Å². The average Bonchev–Trinajstić information content (AvgIpc) is 2.64. The van der Waals surface area contributed by atoms with E-state index in [1.807, 2.05) is 31.2 Å². The standard InChI is InChI=1S/C19H28ClN3O3/c1-2-26-19(25)23-13-9-17(10-14-23)21-12-8-18(24)22-11-7-15-3-5-16(20)6-4-15/h3-6,17,21H,2,7-14H2,1H3,(H,22,24). The third-order valence-corrected chi connectivity index (χ3v) is 4.71. The third kappa shape index (κ3) is 7.22. The van der Waals surface area contributed by atoms with Gasteiger partial charge < -0.3 is 20.3 Å². The molecule has 1 aliphatic heterocycles. The van der Waals surface area contributed by atoms with Crippen molar-refractivity contribution in [2.24, 2.45) is 0 Å². The lowest BCUT2D eigenvalue weighted by Gasteiger charge is -2.31. The zero-order chi connectivity index (χ0) is 18.8. The highest BCUT2D eigenvalue weighted by atomic mass is 35.5. The highest BCUT2D eigenvalue weighted by Gasteiger charge is 2.23. The van der Waals surface area contributed by atoms with Crippen LogP contribution in [-0.2, 0) is 16.0 Å². The van der Waals surface area contributed by atoms with Gasteiger partial charge in [0.15, 0.2) is 0 Å². The van der Waals surface area contributed by atoms with Gasteiger partial charge in [-0.3, -0.25) is 4.79 Å². The van der Waals surface area contributed by atoms with Crippen LogP contribution in [0.4, 0.5) is 4.79 Å². The summed E-state index contributed by atoms with van der Waals surface area (Å²) >= 11 is 5.85. The molecule has 1 heterocycles. The molecule has 6 nitrogen and oxygen atoms in total. The van der Waals surface area contributed by atoms with Gasteiger partial charge in [0, 0.05) is 43.7 Å². The fraction of sp³-hybridized carbons (Fsp3) is 0.579. The Morgan fingerprint density at radius 1 is 1.19 bits per heavy atom. The summed E-state index contributed by atoms with van der Waals surface area (Å²) in [6, 6.07) is 8.01. The van der Waals surface area contributed by atoms with Crippen LogP contribution < -0.4 is 10.6 Å². The second-order valence-corrected chi connectivity index (χ2v) is 6.83. The van der Waals surface area contributed by atoms with Crippen LogP contribution in [0.1, 0.15) is 31.7 Å². The van der Waals surface area contributed by atoms with E-state index in [2.05, 4.69) is 10.6 Å². The van der Waals surface area contributed by atoms with E-state index in [-0.39, 0.29) is 12.0 Å². The van der Waals surface area contributed by atoms with Gasteiger partial charge in [0.05, 0.1) is 6.61 Å². The van der Waals surface area contributed by atoms with E-state index >= 15 is 0 Å². The third-order valence-electron chi connectivity index (χ3n) is 4.46. The Balaban J connectivity index is 1.53. The Labute approximate surface area is 160 Å². The molecule has 26 heavy (non-hydrogen) atoms. The summed E-state index contributed by atoms with van der Waals surface area (Å²) in [6.45, 7) is 4.89. The molecule has 0 saturated carbocycles. The topological polar surface area (TPSA) is 70.7 Å². The smallest absolute Gasteiger partial charge is 0.409 e. The molecule has 2 rings (SSSR count). The number of amides is 2. The normalized spacial score (nSPS) is 14.9. The first-order chi connectivity index (χ1) is 12.6. The number of nitrogens with one attached hydrogen (secondary N) is 2. The van der Waals surface area contributed by atoms with E-state index in [1.165, 1.54) is 0 Å². The van der Waals surface area contributed by atoms with Crippen LogP contribution in [0, 0.1) is 0 Å². The molecule has 0 spiro atoms. The Morgan fingerprint density at radius 2 is 1.88 bits per heavy atom. The number of carbonyl (C=O) groups excluding carboxylic acids is 2. The van der Waals surface area contributed by atoms with E-state index in [1.54, 1.807) is 4.90 Å². The van der Waals surface area contributed by atoms with Gasteiger partial charge >= 0.3 is 6.09 Å². The van der Waals surface area contributed by atoms with Crippen molar-refractivity contribution in [3.63, 3.8) is 0 Å². The van der Waals surface area contributed by atoms with Gasteiger partial charge in [0.25, 0.3) is 0 Å². The molecule has 144 valence electrons. The number of hydrogen-bond acceptors (Lipinski definition) is 4. The van der Waals surface area contributed by atoms with Crippen LogP contribution in [0.15, 0.2) is 24.3 Å². The van der Waals surface area contributed by atoms with Crippen LogP contribution in [0.25, 0.3) is 0 Å². The molecule has 7 heteroatoms. The minimum Gasteiger partial charge on any atom is -0.450 e. The highest BCUT2D eigenvalue weighted by Crippen LogP contribution is 2.11. The molecule has 1 aromatic rings. The summed E-state index contributed by atoms with van der Waals surface area (Å²) in [5.41, 5.74) is 1.15. The predicted molar refractivity (Wildman–Crippen MR) is 102 cm³/mol. The van der Waals surface area contributed by atoms with Crippen molar-refractivity contribution in [1.29, 1.82) is 0 Å². The molecule has 0 unspecified atom stereocenters. The lowest BCUT2D eigenvalue weighted by Crippen LogP contribution is -2.45. The van der Waals surface area contributed by atoms with Crippen molar-refractivity contribution in [2.45, 2.75) is 38.6 Å². The summed E-state index contributed by atoms with van der Waals surface area (Å²) in [7, 11) is 0. The molecule has 1 aliphatic rings. The molecule has 0 bridgehead atoms. The molecule has 1 aromatic carbocycles. The zero-order valence-corrected chi connectivity index (χ0v) is 16.1. The number of nitrogens with zero attached hydrogens (tertiary/aromatic N) is 1. The fourth-order valence-corrected chi connectivity index (χ4v) is 3.08. The first-order valence-corrected chi connectivity index (χ1v) is 9.62. The number of hydrogen-bond donors (Lipinski definition) is 2. The molecule has 1 fully saturated rings. The number of benzene rings is 1. The summed E-state index contributed by atoms with van der Waals surface area (Å²) in [5.74, 6) is 0.0513. The number of ether oxygens (including phenoxy) is 1. The maximum atomic E-state index is 11.9. The van der Waals surface area contributed by atoms with Crippen LogP contribution in [0.3, 0.4) is 0 Å². The van der Waals surface area contributed by atoms with E-state index in [0.29, 0.717) is 45.2 Å². The summed E-state index contributed by atoms with van der Waals surface area (Å²) in [6.07, 6.45) is 2.79. The van der Waals surface area contributed by atoms with Crippen LogP contribution >= 0.6 is 11.6 Å². The lowest BCUT2D eigenvalue weighted by atomic mass is 10.1. The van der Waals surface area contributed by atoms with Gasteiger partial charge in [0.1, 0.15) is 0 Å².